The number of ether oxygens (including phenoxy) is 16. The van der Waals surface area contributed by atoms with Crippen LogP contribution in [0.4, 0.5) is 0 Å². The van der Waals surface area contributed by atoms with Crippen molar-refractivity contribution in [2.75, 3.05) is 238 Å². The van der Waals surface area contributed by atoms with Crippen LogP contribution < -0.4 is 20.7 Å². The molecule has 3 atom stereocenters. The van der Waals surface area contributed by atoms with Gasteiger partial charge in [0.15, 0.2) is 6.61 Å². The van der Waals surface area contributed by atoms with E-state index < -0.39 is 17.9 Å². The molecule has 91 heavy (non-hydrogen) atoms. The Labute approximate surface area is 532 Å². The van der Waals surface area contributed by atoms with Crippen LogP contribution in [0.5, 0.6) is 5.75 Å². The SMILES string of the molecule is CN1C(=O)C[C@H](C(=O)NCCOCCOCCOCCOCCOCCOCCOCCOCCOCCOCCOCCOCCOCCOCCOCCNC(=O)COc2ccc3c(C(=O)NCC(=O)N4CCC[C@H]4C#N)ccnc3c2)[C@H]1c1cccnc1. The number of benzene rings is 1. The van der Waals surface area contributed by atoms with Gasteiger partial charge in [-0.2, -0.15) is 5.26 Å². The van der Waals surface area contributed by atoms with Crippen LogP contribution in [0.15, 0.2) is 55.0 Å². The molecule has 4 heterocycles. The summed E-state index contributed by atoms with van der Waals surface area (Å²) in [4.78, 5) is 74.5. The van der Waals surface area contributed by atoms with Gasteiger partial charge in [-0.15, -0.1) is 0 Å². The lowest BCUT2D eigenvalue weighted by Crippen LogP contribution is -2.42. The summed E-state index contributed by atoms with van der Waals surface area (Å²) in [5.74, 6) is -1.38. The molecule has 5 amide bonds. The molecule has 29 heteroatoms. The van der Waals surface area contributed by atoms with E-state index in [-0.39, 0.29) is 49.2 Å². The highest BCUT2D eigenvalue weighted by Crippen LogP contribution is 2.36. The Morgan fingerprint density at radius 2 is 1.02 bits per heavy atom. The molecule has 0 radical (unpaired) electrons. The van der Waals surface area contributed by atoms with E-state index in [1.54, 1.807) is 54.7 Å². The van der Waals surface area contributed by atoms with E-state index in [0.717, 1.165) is 12.0 Å². The van der Waals surface area contributed by atoms with Gasteiger partial charge in [0.25, 0.3) is 11.8 Å². The van der Waals surface area contributed by atoms with Gasteiger partial charge in [0, 0.05) is 63.1 Å². The van der Waals surface area contributed by atoms with Crippen LogP contribution >= 0.6 is 0 Å². The number of nitrogens with zero attached hydrogens (tertiary/aromatic N) is 5. The molecule has 0 unspecified atom stereocenters. The van der Waals surface area contributed by atoms with Gasteiger partial charge in [0.1, 0.15) is 11.8 Å². The van der Waals surface area contributed by atoms with Crippen molar-refractivity contribution in [3.8, 4) is 11.8 Å². The first-order valence-corrected chi connectivity index (χ1v) is 31.1. The number of nitriles is 1. The summed E-state index contributed by atoms with van der Waals surface area (Å²) in [6, 6.07) is 11.5. The van der Waals surface area contributed by atoms with Crippen molar-refractivity contribution in [1.82, 2.24) is 35.7 Å². The van der Waals surface area contributed by atoms with Crippen molar-refractivity contribution in [1.29, 1.82) is 5.26 Å². The fourth-order valence-electron chi connectivity index (χ4n) is 9.10. The van der Waals surface area contributed by atoms with Gasteiger partial charge in [-0.3, -0.25) is 33.9 Å². The lowest BCUT2D eigenvalue weighted by molar-refractivity contribution is -0.130. The number of rotatable bonds is 56. The topological polar surface area (TPSA) is 325 Å². The van der Waals surface area contributed by atoms with Crippen molar-refractivity contribution in [3.63, 3.8) is 0 Å². The highest BCUT2D eigenvalue weighted by Gasteiger charge is 2.42. The minimum atomic E-state index is -0.474. The number of hydrogen-bond acceptors (Lipinski definition) is 24. The largest absolute Gasteiger partial charge is 0.484 e. The molecule has 5 rings (SSSR count). The van der Waals surface area contributed by atoms with Gasteiger partial charge in [-0.25, -0.2) is 0 Å². The number of carbonyl (C=O) groups excluding carboxylic acids is 5. The van der Waals surface area contributed by atoms with Crippen LogP contribution in [0.1, 0.15) is 41.2 Å². The maximum Gasteiger partial charge on any atom is 0.258 e. The van der Waals surface area contributed by atoms with Crippen LogP contribution in [0.25, 0.3) is 10.9 Å². The quantitative estimate of drug-likeness (QED) is 0.0663. The van der Waals surface area contributed by atoms with E-state index in [1.807, 2.05) is 6.07 Å². The molecule has 2 aliphatic heterocycles. The molecule has 0 saturated carbocycles. The van der Waals surface area contributed by atoms with Crippen LogP contribution in [0.2, 0.25) is 0 Å². The Balaban J connectivity index is 0.648. The van der Waals surface area contributed by atoms with Gasteiger partial charge < -0.3 is 102 Å². The Kier molecular flexibility index (Phi) is 41.1. The molecule has 3 N–H and O–H groups in total. The first-order valence-electron chi connectivity index (χ1n) is 31.1. The first-order chi connectivity index (χ1) is 44.8. The summed E-state index contributed by atoms with van der Waals surface area (Å²) in [6.45, 7) is 13.6. The molecule has 3 aromatic rings. The summed E-state index contributed by atoms with van der Waals surface area (Å²) in [5, 5.41) is 18.1. The van der Waals surface area contributed by atoms with Gasteiger partial charge >= 0.3 is 0 Å². The lowest BCUT2D eigenvalue weighted by atomic mass is 9.94. The zero-order chi connectivity index (χ0) is 64.5. The number of aromatic nitrogens is 2. The molecule has 0 aliphatic carbocycles. The van der Waals surface area contributed by atoms with Crippen molar-refractivity contribution in [2.24, 2.45) is 5.92 Å². The fourth-order valence-corrected chi connectivity index (χ4v) is 9.10. The molecule has 508 valence electrons. The summed E-state index contributed by atoms with van der Waals surface area (Å²) < 4.78 is 88.5. The highest BCUT2D eigenvalue weighted by atomic mass is 16.6. The number of amides is 5. The minimum Gasteiger partial charge on any atom is -0.484 e. The van der Waals surface area contributed by atoms with Crippen LogP contribution in [-0.2, 0) is 90.2 Å². The van der Waals surface area contributed by atoms with Crippen LogP contribution in [0.3, 0.4) is 0 Å². The van der Waals surface area contributed by atoms with Gasteiger partial charge in [0.05, 0.1) is 234 Å². The second-order valence-corrected chi connectivity index (χ2v) is 20.3. The molecule has 2 saturated heterocycles. The van der Waals surface area contributed by atoms with Gasteiger partial charge in [-0.05, 0) is 42.7 Å². The molecular weight excluding hydrogens is 1190 g/mol. The molecular formula is C62H94N8O21. The van der Waals surface area contributed by atoms with E-state index in [4.69, 9.17) is 75.8 Å². The molecule has 0 bridgehead atoms. The number of likely N-dealkylation sites (tertiary alicyclic amines) is 2. The minimum absolute atomic E-state index is 0.0658. The lowest BCUT2D eigenvalue weighted by Gasteiger charge is -2.24. The molecule has 2 aliphatic rings. The third-order valence-corrected chi connectivity index (χ3v) is 13.7. The fraction of sp³-hybridized carbons (Fsp3) is 0.677. The normalized spacial score (nSPS) is 15.6. The van der Waals surface area contributed by atoms with Crippen molar-refractivity contribution < 1.29 is 99.8 Å². The maximum absolute atomic E-state index is 12.9. The average Bonchev–Trinajstić information content (AvgIpc) is 1.82. The zero-order valence-electron chi connectivity index (χ0n) is 52.6. The summed E-state index contributed by atoms with van der Waals surface area (Å²) in [5.41, 5.74) is 1.66. The van der Waals surface area contributed by atoms with E-state index in [0.29, 0.717) is 246 Å². The number of nitrogens with one attached hydrogen (secondary N) is 3. The van der Waals surface area contributed by atoms with Gasteiger partial charge in [-0.1, -0.05) is 6.07 Å². The van der Waals surface area contributed by atoms with Crippen LogP contribution in [-0.4, -0.2) is 293 Å². The van der Waals surface area contributed by atoms with E-state index in [2.05, 4.69) is 32.0 Å². The standard InChI is InChI=1S/C62H94N8O21/c1-69-58(72)45-55(60(69)50-4-2-9-64-47-50)62(75)67-12-15-77-17-19-79-21-23-81-25-27-83-29-31-85-33-35-87-37-39-89-41-43-90-42-40-88-38-36-86-34-32-84-30-28-82-26-24-80-22-20-78-18-16-76-14-11-66-57(71)49-91-52-6-7-53-54(8-10-65-56(53)44-52)61(74)68-48-59(73)70-13-3-5-51(70)46-63/h2,4,6-10,44,47,51,55,60H,3,5,11-43,45,48-49H2,1H3,(H,66,71)(H,67,75)(H,68,74)/t51-,55-,60+/m0/s1. The average molecular weight is 1290 g/mol. The molecule has 1 aromatic carbocycles. The predicted molar refractivity (Wildman–Crippen MR) is 326 cm³/mol. The maximum atomic E-state index is 12.9. The summed E-state index contributed by atoms with van der Waals surface area (Å²) in [7, 11) is 1.71. The highest BCUT2D eigenvalue weighted by molar-refractivity contribution is 6.07. The Bertz CT molecular complexity index is 2500. The Hall–Kier alpha value is -6.18. The predicted octanol–water partition coefficient (Wildman–Crippen LogP) is 0.954. The first kappa shape index (κ1) is 75.5. The number of carbonyl (C=O) groups is 5. The molecule has 0 spiro atoms. The van der Waals surface area contributed by atoms with Crippen molar-refractivity contribution in [2.45, 2.75) is 31.3 Å². The second kappa shape index (κ2) is 49.5. The van der Waals surface area contributed by atoms with Crippen molar-refractivity contribution in [3.05, 3.63) is 66.1 Å². The smallest absolute Gasteiger partial charge is 0.258 e. The van der Waals surface area contributed by atoms with E-state index >= 15 is 0 Å². The third kappa shape index (κ3) is 32.8. The van der Waals surface area contributed by atoms with Crippen LogP contribution in [0, 0.1) is 17.2 Å². The zero-order valence-corrected chi connectivity index (χ0v) is 52.6. The molecule has 29 nitrogen and oxygen atoms in total. The Morgan fingerprint density at radius 3 is 1.46 bits per heavy atom. The summed E-state index contributed by atoms with van der Waals surface area (Å²) >= 11 is 0. The molecule has 2 fully saturated rings. The number of pyridine rings is 2. The second-order valence-electron chi connectivity index (χ2n) is 20.3. The third-order valence-electron chi connectivity index (χ3n) is 13.7. The monoisotopic (exact) mass is 1290 g/mol. The van der Waals surface area contributed by atoms with E-state index in [9.17, 15) is 29.2 Å². The molecule has 2 aromatic heterocycles. The van der Waals surface area contributed by atoms with E-state index in [1.165, 1.54) is 11.1 Å². The summed E-state index contributed by atoms with van der Waals surface area (Å²) in [6.07, 6.45) is 6.40. The number of hydrogen-bond donors (Lipinski definition) is 3. The van der Waals surface area contributed by atoms with Crippen molar-refractivity contribution >= 4 is 40.4 Å². The van der Waals surface area contributed by atoms with Gasteiger partial charge in [0.2, 0.25) is 17.7 Å². The number of fused-ring (bicyclic) bond motifs is 1. The Morgan fingerprint density at radius 1 is 0.571 bits per heavy atom.